The third-order valence-electron chi connectivity index (χ3n) is 7.27. The minimum atomic E-state index is -5.04. The van der Waals surface area contributed by atoms with E-state index in [2.05, 4.69) is 5.10 Å². The van der Waals surface area contributed by atoms with E-state index < -0.39 is 65.9 Å². The number of nitrogens with zero attached hydrogens (tertiary/aromatic N) is 4. The number of hydrogen-bond donors (Lipinski definition) is 0. The number of alkyl halides is 6. The Morgan fingerprint density at radius 3 is 2.02 bits per heavy atom. The summed E-state index contributed by atoms with van der Waals surface area (Å²) in [4.78, 5) is 29.2. The molecule has 0 spiro atoms. The molecule has 0 N–H and O–H groups in total. The maximum atomic E-state index is 13.5. The van der Waals surface area contributed by atoms with Gasteiger partial charge in [-0.25, -0.2) is 9.59 Å². The first-order valence-corrected chi connectivity index (χ1v) is 14.0. The average Bonchev–Trinajstić information content (AvgIpc) is 3.36. The van der Waals surface area contributed by atoms with Gasteiger partial charge in [0, 0.05) is 43.8 Å². The summed E-state index contributed by atoms with van der Waals surface area (Å²) in [5.41, 5.74) is -3.42. The number of amides is 2. The third kappa shape index (κ3) is 8.79. The molecule has 0 aliphatic carbocycles. The number of ether oxygens (including phenoxy) is 2. The predicted molar refractivity (Wildman–Crippen MR) is 145 cm³/mol. The fourth-order valence-electron chi connectivity index (χ4n) is 5.36. The van der Waals surface area contributed by atoms with Gasteiger partial charge in [-0.1, -0.05) is 6.92 Å². The third-order valence-corrected chi connectivity index (χ3v) is 7.27. The summed E-state index contributed by atoms with van der Waals surface area (Å²) in [6, 6.07) is 1.38. The average molecular weight is 621 g/mol. The molecule has 1 saturated heterocycles. The molecule has 1 aliphatic heterocycles. The minimum Gasteiger partial charge on any atom is -0.453 e. The van der Waals surface area contributed by atoms with Crippen molar-refractivity contribution in [2.75, 3.05) is 7.11 Å². The second-order valence-electron chi connectivity index (χ2n) is 11.6. The molecule has 0 radical (unpaired) electrons. The van der Waals surface area contributed by atoms with Gasteiger partial charge in [-0.15, -0.1) is 0 Å². The van der Waals surface area contributed by atoms with Crippen LogP contribution >= 0.6 is 0 Å². The van der Waals surface area contributed by atoms with E-state index >= 15 is 0 Å². The highest BCUT2D eigenvalue weighted by Crippen LogP contribution is 2.38. The highest BCUT2D eigenvalue weighted by Gasteiger charge is 2.43. The molecule has 1 aliphatic rings. The van der Waals surface area contributed by atoms with Crippen molar-refractivity contribution >= 4 is 12.2 Å². The quantitative estimate of drug-likeness (QED) is 0.304. The Morgan fingerprint density at radius 1 is 0.977 bits per heavy atom. The number of benzene rings is 1. The zero-order valence-corrected chi connectivity index (χ0v) is 25.1. The van der Waals surface area contributed by atoms with E-state index in [1.165, 1.54) is 0 Å². The highest BCUT2D eigenvalue weighted by atomic mass is 19.4. The molecule has 0 saturated carbocycles. The first kappa shape index (κ1) is 34.0. The van der Waals surface area contributed by atoms with Crippen molar-refractivity contribution in [3.8, 4) is 0 Å². The number of carbonyl (C=O) groups excluding carboxylic acids is 2. The molecule has 2 aromatic rings. The highest BCUT2D eigenvalue weighted by molar-refractivity contribution is 5.70. The number of halogens is 6. The van der Waals surface area contributed by atoms with Gasteiger partial charge in [-0.2, -0.15) is 31.4 Å². The van der Waals surface area contributed by atoms with E-state index in [-0.39, 0.29) is 30.9 Å². The molecule has 0 bridgehead atoms. The summed E-state index contributed by atoms with van der Waals surface area (Å²) in [6.45, 7) is 9.02. The van der Waals surface area contributed by atoms with Crippen LogP contribution in [0.3, 0.4) is 0 Å². The van der Waals surface area contributed by atoms with Crippen LogP contribution in [0, 0.1) is 0 Å². The molecule has 43 heavy (non-hydrogen) atoms. The Morgan fingerprint density at radius 2 is 1.56 bits per heavy atom. The number of aromatic nitrogens is 2. The lowest BCUT2D eigenvalue weighted by Gasteiger charge is -2.47. The molecule has 1 aromatic heterocycles. The van der Waals surface area contributed by atoms with Crippen molar-refractivity contribution in [3.63, 3.8) is 0 Å². The lowest BCUT2D eigenvalue weighted by atomic mass is 9.87. The molecule has 8 nitrogen and oxygen atoms in total. The van der Waals surface area contributed by atoms with E-state index in [1.807, 2.05) is 13.8 Å². The van der Waals surface area contributed by atoms with E-state index in [1.54, 1.807) is 42.6 Å². The second-order valence-corrected chi connectivity index (χ2v) is 11.6. The Bertz CT molecular complexity index is 1240. The Hall–Kier alpha value is -3.45. The lowest BCUT2D eigenvalue weighted by molar-refractivity contribution is -0.143. The number of hydrogen-bond acceptors (Lipinski definition) is 5. The van der Waals surface area contributed by atoms with Gasteiger partial charge in [0.15, 0.2) is 0 Å². The summed E-state index contributed by atoms with van der Waals surface area (Å²) in [6.07, 6.45) is -8.65. The van der Waals surface area contributed by atoms with Crippen LogP contribution in [0.15, 0.2) is 30.5 Å². The SMILES string of the molecule is CCC1CC(N(Cc2cc(C(F)(F)F)cc(C(F)(F)F)c2)C(=O)OC)CC(Cc2ccn(CC)n2)N1C(=O)OC(C)(C)C. The maximum Gasteiger partial charge on any atom is 0.416 e. The molecular formula is C29H38F6N4O4. The van der Waals surface area contributed by atoms with Crippen molar-refractivity contribution in [2.45, 2.75) is 109 Å². The molecule has 14 heteroatoms. The van der Waals surface area contributed by atoms with Crippen LogP contribution in [0.25, 0.3) is 0 Å². The largest absolute Gasteiger partial charge is 0.453 e. The first-order chi connectivity index (χ1) is 19.9. The van der Waals surface area contributed by atoms with Crippen molar-refractivity contribution in [1.29, 1.82) is 0 Å². The second kappa shape index (κ2) is 13.0. The van der Waals surface area contributed by atoms with Gasteiger partial charge in [-0.05, 0) is 76.8 Å². The van der Waals surface area contributed by atoms with E-state index in [0.29, 0.717) is 30.8 Å². The Kier molecular flexibility index (Phi) is 10.3. The summed E-state index contributed by atoms with van der Waals surface area (Å²) >= 11 is 0. The minimum absolute atomic E-state index is 0.0455. The number of carbonyl (C=O) groups is 2. The van der Waals surface area contributed by atoms with Crippen LogP contribution in [-0.4, -0.2) is 62.6 Å². The van der Waals surface area contributed by atoms with Crippen LogP contribution in [0.2, 0.25) is 0 Å². The van der Waals surface area contributed by atoms with Crippen molar-refractivity contribution in [3.05, 3.63) is 52.8 Å². The standard InChI is InChI=1S/C29H38F6N4O4/c1-7-22-15-23(16-24(14-21-9-10-37(8-2)36-21)39(22)26(41)43-27(3,4)5)38(25(40)42-6)17-18-11-19(28(30,31)32)13-20(12-18)29(33,34)35/h9-13,22-24H,7-8,14-17H2,1-6H3. The van der Waals surface area contributed by atoms with Crippen LogP contribution < -0.4 is 0 Å². The fourth-order valence-corrected chi connectivity index (χ4v) is 5.36. The zero-order valence-electron chi connectivity index (χ0n) is 25.1. The summed E-state index contributed by atoms with van der Waals surface area (Å²) < 4.78 is 93.6. The number of aryl methyl sites for hydroxylation is 1. The fraction of sp³-hybridized carbons (Fsp3) is 0.621. The molecular weight excluding hydrogens is 582 g/mol. The lowest BCUT2D eigenvalue weighted by Crippen LogP contribution is -2.58. The zero-order chi connectivity index (χ0) is 32.3. The van der Waals surface area contributed by atoms with Gasteiger partial charge in [0.25, 0.3) is 0 Å². The number of methoxy groups -OCH3 is 1. The molecule has 2 heterocycles. The van der Waals surface area contributed by atoms with Gasteiger partial charge >= 0.3 is 24.5 Å². The Labute approximate surface area is 246 Å². The first-order valence-electron chi connectivity index (χ1n) is 14.0. The molecule has 240 valence electrons. The number of rotatable bonds is 7. The van der Waals surface area contributed by atoms with Crippen molar-refractivity contribution in [2.24, 2.45) is 0 Å². The molecule has 3 unspecified atom stereocenters. The van der Waals surface area contributed by atoms with E-state index in [0.717, 1.165) is 12.0 Å². The number of piperidine rings is 1. The van der Waals surface area contributed by atoms with Crippen LogP contribution in [0.4, 0.5) is 35.9 Å². The van der Waals surface area contributed by atoms with Gasteiger partial charge in [0.1, 0.15) is 5.60 Å². The topological polar surface area (TPSA) is 76.9 Å². The molecule has 2 amide bonds. The molecule has 3 atom stereocenters. The summed E-state index contributed by atoms with van der Waals surface area (Å²) in [5, 5.41) is 4.52. The van der Waals surface area contributed by atoms with Crippen molar-refractivity contribution < 1.29 is 45.4 Å². The van der Waals surface area contributed by atoms with Crippen LogP contribution in [-0.2, 0) is 41.3 Å². The molecule has 1 fully saturated rings. The van der Waals surface area contributed by atoms with Crippen molar-refractivity contribution in [1.82, 2.24) is 19.6 Å². The predicted octanol–water partition coefficient (Wildman–Crippen LogP) is 7.30. The van der Waals surface area contributed by atoms with Gasteiger partial charge in [0.2, 0.25) is 0 Å². The van der Waals surface area contributed by atoms with Crippen LogP contribution in [0.1, 0.15) is 76.3 Å². The normalized spacial score (nSPS) is 19.7. The molecule has 1 aromatic carbocycles. The Balaban J connectivity index is 2.03. The number of likely N-dealkylation sites (tertiary alicyclic amines) is 1. The molecule has 3 rings (SSSR count). The summed E-state index contributed by atoms with van der Waals surface area (Å²) in [5.74, 6) is 0. The smallest absolute Gasteiger partial charge is 0.416 e. The van der Waals surface area contributed by atoms with Gasteiger partial charge < -0.3 is 19.3 Å². The van der Waals surface area contributed by atoms with Gasteiger partial charge in [-0.3, -0.25) is 4.68 Å². The summed E-state index contributed by atoms with van der Waals surface area (Å²) in [7, 11) is 1.09. The monoisotopic (exact) mass is 620 g/mol. The van der Waals surface area contributed by atoms with E-state index in [4.69, 9.17) is 9.47 Å². The van der Waals surface area contributed by atoms with E-state index in [9.17, 15) is 35.9 Å². The van der Waals surface area contributed by atoms with Crippen LogP contribution in [0.5, 0.6) is 0 Å². The van der Waals surface area contributed by atoms with Gasteiger partial charge in [0.05, 0.1) is 23.9 Å². The maximum absolute atomic E-state index is 13.5.